The Morgan fingerprint density at radius 3 is 2.55 bits per heavy atom. The highest BCUT2D eigenvalue weighted by atomic mass is 16.6. The fraction of sp³-hybridized carbons (Fsp3) is 0.238. The summed E-state index contributed by atoms with van der Waals surface area (Å²) in [6.45, 7) is 2.87. The van der Waals surface area contributed by atoms with Gasteiger partial charge in [0.25, 0.3) is 5.69 Å². The van der Waals surface area contributed by atoms with Crippen LogP contribution in [0, 0.1) is 10.1 Å². The van der Waals surface area contributed by atoms with Gasteiger partial charge in [0.15, 0.2) is 0 Å². The number of rotatable bonds is 7. The van der Waals surface area contributed by atoms with E-state index in [1.54, 1.807) is 23.1 Å². The van der Waals surface area contributed by atoms with Crippen LogP contribution in [0.2, 0.25) is 0 Å². The van der Waals surface area contributed by atoms with Gasteiger partial charge in [0, 0.05) is 36.9 Å². The van der Waals surface area contributed by atoms with E-state index in [4.69, 9.17) is 4.74 Å². The SMILES string of the molecule is CCOc1ccc(N2CC(NC(=O)C=Cc3ccc([N+](=O)[O-])cc3)CC2=O)cc1. The van der Waals surface area contributed by atoms with Crippen molar-refractivity contribution in [2.24, 2.45) is 0 Å². The Labute approximate surface area is 167 Å². The minimum absolute atomic E-state index is 0.00884. The average molecular weight is 395 g/mol. The van der Waals surface area contributed by atoms with Crippen molar-refractivity contribution in [3.63, 3.8) is 0 Å². The van der Waals surface area contributed by atoms with Gasteiger partial charge in [-0.2, -0.15) is 0 Å². The first-order valence-corrected chi connectivity index (χ1v) is 9.22. The van der Waals surface area contributed by atoms with Gasteiger partial charge < -0.3 is 15.0 Å². The van der Waals surface area contributed by atoms with Crippen molar-refractivity contribution in [2.75, 3.05) is 18.1 Å². The molecule has 150 valence electrons. The number of non-ortho nitro benzene ring substituents is 1. The third-order valence-corrected chi connectivity index (χ3v) is 4.46. The Balaban J connectivity index is 1.56. The van der Waals surface area contributed by atoms with Crippen LogP contribution in [0.3, 0.4) is 0 Å². The Kier molecular flexibility index (Phi) is 6.23. The van der Waals surface area contributed by atoms with E-state index in [1.165, 1.54) is 18.2 Å². The number of carbonyl (C=O) groups excluding carboxylic acids is 2. The standard InChI is InChI=1S/C21H21N3O5/c1-2-29-19-10-8-17(9-11-19)23-14-16(13-21(23)26)22-20(25)12-5-15-3-6-18(7-4-15)24(27)28/h3-12,16H,2,13-14H2,1H3,(H,22,25). The fourth-order valence-electron chi connectivity index (χ4n) is 3.07. The van der Waals surface area contributed by atoms with Crippen molar-refractivity contribution in [2.45, 2.75) is 19.4 Å². The van der Waals surface area contributed by atoms with Crippen LogP contribution in [0.25, 0.3) is 6.08 Å². The first kappa shape index (κ1) is 20.1. The van der Waals surface area contributed by atoms with Gasteiger partial charge in [0.1, 0.15) is 5.75 Å². The van der Waals surface area contributed by atoms with Crippen LogP contribution in [0.15, 0.2) is 54.6 Å². The van der Waals surface area contributed by atoms with E-state index in [9.17, 15) is 19.7 Å². The van der Waals surface area contributed by atoms with E-state index in [1.807, 2.05) is 31.2 Å². The third kappa shape index (κ3) is 5.19. The number of amides is 2. The molecule has 1 heterocycles. The molecule has 0 aliphatic carbocycles. The summed E-state index contributed by atoms with van der Waals surface area (Å²) in [6, 6.07) is 12.9. The molecule has 1 N–H and O–H groups in total. The summed E-state index contributed by atoms with van der Waals surface area (Å²) in [5.41, 5.74) is 1.42. The Morgan fingerprint density at radius 1 is 1.24 bits per heavy atom. The molecule has 1 fully saturated rings. The number of hydrogen-bond donors (Lipinski definition) is 1. The van der Waals surface area contributed by atoms with Crippen LogP contribution in [-0.4, -0.2) is 35.9 Å². The summed E-state index contributed by atoms with van der Waals surface area (Å²) in [5, 5.41) is 13.5. The number of nitrogens with zero attached hydrogens (tertiary/aromatic N) is 2. The zero-order valence-corrected chi connectivity index (χ0v) is 15.9. The second-order valence-electron chi connectivity index (χ2n) is 6.52. The van der Waals surface area contributed by atoms with Gasteiger partial charge in [-0.1, -0.05) is 0 Å². The van der Waals surface area contributed by atoms with Gasteiger partial charge in [0.05, 0.1) is 17.6 Å². The van der Waals surface area contributed by atoms with Crippen LogP contribution < -0.4 is 15.0 Å². The largest absolute Gasteiger partial charge is 0.494 e. The molecular weight excluding hydrogens is 374 g/mol. The second kappa shape index (κ2) is 9.01. The van der Waals surface area contributed by atoms with Crippen molar-refractivity contribution in [3.8, 4) is 5.75 Å². The van der Waals surface area contributed by atoms with E-state index < -0.39 is 4.92 Å². The van der Waals surface area contributed by atoms with Crippen LogP contribution in [0.4, 0.5) is 11.4 Å². The van der Waals surface area contributed by atoms with Crippen molar-refractivity contribution in [1.29, 1.82) is 0 Å². The molecule has 8 nitrogen and oxygen atoms in total. The van der Waals surface area contributed by atoms with Crippen LogP contribution in [0.5, 0.6) is 5.75 Å². The van der Waals surface area contributed by atoms with E-state index in [0.717, 1.165) is 11.4 Å². The summed E-state index contributed by atoms with van der Waals surface area (Å²) < 4.78 is 5.40. The highest BCUT2D eigenvalue weighted by Crippen LogP contribution is 2.24. The summed E-state index contributed by atoms with van der Waals surface area (Å²) >= 11 is 0. The Morgan fingerprint density at radius 2 is 1.93 bits per heavy atom. The molecule has 1 saturated heterocycles. The third-order valence-electron chi connectivity index (χ3n) is 4.46. The minimum Gasteiger partial charge on any atom is -0.494 e. The van der Waals surface area contributed by atoms with Gasteiger partial charge in [0.2, 0.25) is 11.8 Å². The van der Waals surface area contributed by atoms with Crippen LogP contribution >= 0.6 is 0 Å². The highest BCUT2D eigenvalue weighted by Gasteiger charge is 2.31. The molecule has 0 saturated carbocycles. The Hall–Kier alpha value is -3.68. The summed E-state index contributed by atoms with van der Waals surface area (Å²) in [6.07, 6.45) is 3.15. The molecule has 2 aromatic carbocycles. The lowest BCUT2D eigenvalue weighted by atomic mass is 10.2. The summed E-state index contributed by atoms with van der Waals surface area (Å²) in [4.78, 5) is 36.3. The molecule has 2 amide bonds. The van der Waals surface area contributed by atoms with E-state index in [-0.39, 0.29) is 30.0 Å². The van der Waals surface area contributed by atoms with Gasteiger partial charge in [-0.15, -0.1) is 0 Å². The average Bonchev–Trinajstić information content (AvgIpc) is 3.07. The van der Waals surface area contributed by atoms with Crippen molar-refractivity contribution >= 4 is 29.3 Å². The number of anilines is 1. The van der Waals surface area contributed by atoms with Gasteiger partial charge in [-0.3, -0.25) is 19.7 Å². The minimum atomic E-state index is -0.479. The molecular formula is C21H21N3O5. The molecule has 3 rings (SSSR count). The maximum absolute atomic E-state index is 12.3. The lowest BCUT2D eigenvalue weighted by Crippen LogP contribution is -2.36. The molecule has 1 atom stereocenters. The molecule has 8 heteroatoms. The number of nitro benzene ring substituents is 1. The van der Waals surface area contributed by atoms with E-state index >= 15 is 0 Å². The number of nitrogens with one attached hydrogen (secondary N) is 1. The monoisotopic (exact) mass is 395 g/mol. The summed E-state index contributed by atoms with van der Waals surface area (Å²) in [7, 11) is 0. The molecule has 1 aliphatic heterocycles. The lowest BCUT2D eigenvalue weighted by molar-refractivity contribution is -0.384. The molecule has 1 unspecified atom stereocenters. The topological polar surface area (TPSA) is 102 Å². The zero-order valence-electron chi connectivity index (χ0n) is 15.9. The second-order valence-corrected chi connectivity index (χ2v) is 6.52. The number of nitro groups is 1. The first-order chi connectivity index (χ1) is 14.0. The van der Waals surface area contributed by atoms with Gasteiger partial charge in [-0.05, 0) is 55.0 Å². The summed E-state index contributed by atoms with van der Waals surface area (Å²) in [5.74, 6) is 0.359. The highest BCUT2D eigenvalue weighted by molar-refractivity contribution is 5.98. The maximum atomic E-state index is 12.3. The zero-order chi connectivity index (χ0) is 20.8. The van der Waals surface area contributed by atoms with Crippen molar-refractivity contribution in [1.82, 2.24) is 5.32 Å². The van der Waals surface area contributed by atoms with Crippen molar-refractivity contribution < 1.29 is 19.2 Å². The number of carbonyl (C=O) groups is 2. The predicted octanol–water partition coefficient (Wildman–Crippen LogP) is 2.93. The van der Waals surface area contributed by atoms with Crippen molar-refractivity contribution in [3.05, 3.63) is 70.3 Å². The quantitative estimate of drug-likeness (QED) is 0.441. The number of ether oxygens (including phenoxy) is 1. The molecule has 0 aromatic heterocycles. The van der Waals surface area contributed by atoms with Crippen LogP contribution in [-0.2, 0) is 9.59 Å². The number of hydrogen-bond acceptors (Lipinski definition) is 5. The smallest absolute Gasteiger partial charge is 0.269 e. The first-order valence-electron chi connectivity index (χ1n) is 9.22. The molecule has 0 spiro atoms. The normalized spacial score (nSPS) is 16.2. The number of benzene rings is 2. The Bertz CT molecular complexity index is 922. The fourth-order valence-corrected chi connectivity index (χ4v) is 3.07. The van der Waals surface area contributed by atoms with Gasteiger partial charge in [-0.25, -0.2) is 0 Å². The van der Waals surface area contributed by atoms with E-state index in [2.05, 4.69) is 5.32 Å². The molecule has 0 bridgehead atoms. The van der Waals surface area contributed by atoms with Gasteiger partial charge >= 0.3 is 0 Å². The molecule has 29 heavy (non-hydrogen) atoms. The molecule has 1 aliphatic rings. The maximum Gasteiger partial charge on any atom is 0.269 e. The molecule has 0 radical (unpaired) electrons. The van der Waals surface area contributed by atoms with Crippen LogP contribution in [0.1, 0.15) is 18.9 Å². The predicted molar refractivity (Wildman–Crippen MR) is 109 cm³/mol. The van der Waals surface area contributed by atoms with E-state index in [0.29, 0.717) is 18.7 Å². The molecule has 2 aromatic rings. The lowest BCUT2D eigenvalue weighted by Gasteiger charge is -2.17.